The molecule has 0 spiro atoms. The van der Waals surface area contributed by atoms with Crippen LogP contribution in [0.25, 0.3) is 11.3 Å². The van der Waals surface area contributed by atoms with Crippen molar-refractivity contribution in [3.05, 3.63) is 36.2 Å². The average Bonchev–Trinajstić information content (AvgIpc) is 3.69. The van der Waals surface area contributed by atoms with Crippen molar-refractivity contribution in [2.45, 2.75) is 58.2 Å². The number of aliphatic imine (C=N–C) groups is 1. The molecule has 2 aromatic heterocycles. The standard InChI is InChI=1S/C31H40F3N7O3/c1-4-21-20-40(29(43)30(31(32,33)34)12-6-7-13-30)17-18-41(21)24-11-10-23(22-9-8-14-36-28(22)44-5-2)38-26(24)27(42)37-19-25-35-15-16-39(25)3/h8-11,14,21H,4-7,12-13,15-20H2,1-3H3,(H,37,42)/t21-/m1/s1. The first-order chi connectivity index (χ1) is 21.1. The first-order valence-electron chi connectivity index (χ1n) is 15.3. The molecule has 3 aliphatic rings. The Hall–Kier alpha value is -3.90. The molecule has 2 amide bonds. The third-order valence-electron chi connectivity index (χ3n) is 8.95. The molecule has 13 heteroatoms. The number of piperazine rings is 1. The molecule has 1 atom stereocenters. The molecule has 0 radical (unpaired) electrons. The lowest BCUT2D eigenvalue weighted by Crippen LogP contribution is -2.60. The second-order valence-electron chi connectivity index (χ2n) is 11.5. The zero-order valence-corrected chi connectivity index (χ0v) is 25.5. The molecular weight excluding hydrogens is 575 g/mol. The molecule has 0 unspecified atom stereocenters. The topological polar surface area (TPSA) is 103 Å². The Balaban J connectivity index is 1.45. The van der Waals surface area contributed by atoms with Crippen LogP contribution in [-0.4, -0.2) is 103 Å². The van der Waals surface area contributed by atoms with Gasteiger partial charge in [0, 0.05) is 45.5 Å². The third kappa shape index (κ3) is 6.05. The van der Waals surface area contributed by atoms with E-state index in [-0.39, 0.29) is 50.8 Å². The number of halogens is 3. The SMILES string of the molecule is CCOc1ncccc1-c1ccc(N2CCN(C(=O)C3(C(F)(F)F)CCCC3)C[C@H]2CC)c(C(=O)NCC2=NCCN2C)n1. The molecule has 238 valence electrons. The van der Waals surface area contributed by atoms with Crippen molar-refractivity contribution in [2.24, 2.45) is 10.4 Å². The molecule has 2 fully saturated rings. The van der Waals surface area contributed by atoms with Gasteiger partial charge in [-0.25, -0.2) is 9.97 Å². The van der Waals surface area contributed by atoms with Crippen LogP contribution in [-0.2, 0) is 4.79 Å². The van der Waals surface area contributed by atoms with Gasteiger partial charge in [-0.2, -0.15) is 13.2 Å². The van der Waals surface area contributed by atoms with Crippen molar-refractivity contribution >= 4 is 23.3 Å². The van der Waals surface area contributed by atoms with Gasteiger partial charge in [-0.05, 0) is 50.5 Å². The fourth-order valence-corrected chi connectivity index (χ4v) is 6.46. The quantitative estimate of drug-likeness (QED) is 0.452. The Morgan fingerprint density at radius 2 is 1.89 bits per heavy atom. The third-order valence-corrected chi connectivity index (χ3v) is 8.95. The van der Waals surface area contributed by atoms with Crippen LogP contribution in [0.15, 0.2) is 35.5 Å². The van der Waals surface area contributed by atoms with E-state index in [9.17, 15) is 22.8 Å². The van der Waals surface area contributed by atoms with E-state index >= 15 is 0 Å². The summed E-state index contributed by atoms with van der Waals surface area (Å²) >= 11 is 0. The fraction of sp³-hybridized carbons (Fsp3) is 0.581. The van der Waals surface area contributed by atoms with Gasteiger partial charge in [0.2, 0.25) is 11.8 Å². The molecule has 1 saturated carbocycles. The molecule has 5 rings (SSSR count). The van der Waals surface area contributed by atoms with Crippen LogP contribution in [0.2, 0.25) is 0 Å². The Kier molecular flexibility index (Phi) is 9.31. The summed E-state index contributed by atoms with van der Waals surface area (Å²) in [5.74, 6) is -0.0609. The Labute approximate surface area is 255 Å². The van der Waals surface area contributed by atoms with Gasteiger partial charge < -0.3 is 24.8 Å². The molecule has 4 heterocycles. The van der Waals surface area contributed by atoms with Crippen LogP contribution >= 0.6 is 0 Å². The number of carbonyl (C=O) groups excluding carboxylic acids is 2. The van der Waals surface area contributed by atoms with Gasteiger partial charge in [-0.1, -0.05) is 19.8 Å². The number of amides is 2. The Morgan fingerprint density at radius 1 is 1.11 bits per heavy atom. The van der Waals surface area contributed by atoms with Crippen molar-refractivity contribution < 1.29 is 27.5 Å². The number of nitrogens with zero attached hydrogens (tertiary/aromatic N) is 6. The number of aromatic nitrogens is 2. The van der Waals surface area contributed by atoms with Gasteiger partial charge in [0.05, 0.1) is 36.6 Å². The van der Waals surface area contributed by atoms with E-state index in [0.717, 1.165) is 12.4 Å². The predicted octanol–water partition coefficient (Wildman–Crippen LogP) is 4.17. The van der Waals surface area contributed by atoms with Gasteiger partial charge >= 0.3 is 6.18 Å². The number of alkyl halides is 3. The van der Waals surface area contributed by atoms with E-state index in [2.05, 4.69) is 15.3 Å². The molecule has 10 nitrogen and oxygen atoms in total. The number of rotatable bonds is 9. The van der Waals surface area contributed by atoms with Gasteiger partial charge in [-0.3, -0.25) is 14.6 Å². The van der Waals surface area contributed by atoms with Gasteiger partial charge in [0.25, 0.3) is 5.91 Å². The summed E-state index contributed by atoms with van der Waals surface area (Å²) in [5.41, 5.74) is -0.442. The number of hydrogen-bond donors (Lipinski definition) is 1. The van der Waals surface area contributed by atoms with E-state index in [1.165, 1.54) is 4.90 Å². The molecule has 2 aliphatic heterocycles. The maximum atomic E-state index is 14.2. The normalized spacial score (nSPS) is 20.1. The second kappa shape index (κ2) is 13.0. The van der Waals surface area contributed by atoms with Crippen LogP contribution < -0.4 is 15.0 Å². The molecule has 0 aromatic carbocycles. The summed E-state index contributed by atoms with van der Waals surface area (Å²) in [6.45, 7) is 6.39. The predicted molar refractivity (Wildman–Crippen MR) is 161 cm³/mol. The Bertz CT molecular complexity index is 1390. The zero-order chi connectivity index (χ0) is 31.5. The maximum Gasteiger partial charge on any atom is 0.403 e. The first kappa shape index (κ1) is 31.5. The van der Waals surface area contributed by atoms with E-state index in [4.69, 9.17) is 9.72 Å². The number of anilines is 1. The first-order valence-corrected chi connectivity index (χ1v) is 15.3. The highest BCUT2D eigenvalue weighted by Crippen LogP contribution is 2.52. The van der Waals surface area contributed by atoms with Gasteiger partial charge in [0.1, 0.15) is 11.3 Å². The molecule has 1 N–H and O–H groups in total. The highest BCUT2D eigenvalue weighted by Gasteiger charge is 2.62. The van der Waals surface area contributed by atoms with Crippen molar-refractivity contribution in [1.29, 1.82) is 0 Å². The van der Waals surface area contributed by atoms with Crippen LogP contribution in [0.5, 0.6) is 5.88 Å². The monoisotopic (exact) mass is 615 g/mol. The molecule has 1 aliphatic carbocycles. The highest BCUT2D eigenvalue weighted by molar-refractivity contribution is 6.01. The van der Waals surface area contributed by atoms with E-state index in [1.807, 2.05) is 42.8 Å². The van der Waals surface area contributed by atoms with E-state index in [0.29, 0.717) is 55.2 Å². The van der Waals surface area contributed by atoms with E-state index in [1.54, 1.807) is 18.3 Å². The number of pyridine rings is 2. The minimum Gasteiger partial charge on any atom is -0.477 e. The number of amidine groups is 1. The largest absolute Gasteiger partial charge is 0.477 e. The van der Waals surface area contributed by atoms with Crippen LogP contribution in [0.1, 0.15) is 56.4 Å². The second-order valence-corrected chi connectivity index (χ2v) is 11.5. The van der Waals surface area contributed by atoms with Gasteiger partial charge in [-0.15, -0.1) is 0 Å². The van der Waals surface area contributed by atoms with E-state index < -0.39 is 23.4 Å². The summed E-state index contributed by atoms with van der Waals surface area (Å²) in [6.07, 6.45) is -1.96. The Morgan fingerprint density at radius 3 is 2.55 bits per heavy atom. The number of hydrogen-bond acceptors (Lipinski definition) is 8. The lowest BCUT2D eigenvalue weighted by Gasteiger charge is -2.45. The molecular formula is C31H40F3N7O3. The molecule has 44 heavy (non-hydrogen) atoms. The van der Waals surface area contributed by atoms with Crippen LogP contribution in [0.4, 0.5) is 18.9 Å². The smallest absolute Gasteiger partial charge is 0.403 e. The zero-order valence-electron chi connectivity index (χ0n) is 25.5. The summed E-state index contributed by atoms with van der Waals surface area (Å²) in [5, 5.41) is 2.95. The fourth-order valence-electron chi connectivity index (χ4n) is 6.46. The number of nitrogens with one attached hydrogen (secondary N) is 1. The van der Waals surface area contributed by atoms with Crippen molar-refractivity contribution in [3.63, 3.8) is 0 Å². The number of likely N-dealkylation sites (N-methyl/N-ethyl adjacent to an activating group) is 1. The van der Waals surface area contributed by atoms with Crippen molar-refractivity contribution in [2.75, 3.05) is 57.8 Å². The molecule has 2 aromatic rings. The minimum absolute atomic E-state index is 0.120. The van der Waals surface area contributed by atoms with Crippen LogP contribution in [0.3, 0.4) is 0 Å². The molecule has 0 bridgehead atoms. The maximum absolute atomic E-state index is 14.2. The average molecular weight is 616 g/mol. The summed E-state index contributed by atoms with van der Waals surface area (Å²) in [6, 6.07) is 6.89. The minimum atomic E-state index is -4.59. The van der Waals surface area contributed by atoms with Crippen molar-refractivity contribution in [1.82, 2.24) is 25.1 Å². The summed E-state index contributed by atoms with van der Waals surface area (Å²) in [7, 11) is 1.92. The van der Waals surface area contributed by atoms with Crippen LogP contribution in [0, 0.1) is 5.41 Å². The lowest BCUT2D eigenvalue weighted by molar-refractivity contribution is -0.226. The van der Waals surface area contributed by atoms with Gasteiger partial charge in [0.15, 0.2) is 5.69 Å². The summed E-state index contributed by atoms with van der Waals surface area (Å²) in [4.78, 5) is 46.1. The van der Waals surface area contributed by atoms with Crippen molar-refractivity contribution in [3.8, 4) is 17.1 Å². The molecule has 1 saturated heterocycles. The lowest BCUT2D eigenvalue weighted by atomic mass is 9.83. The number of carbonyl (C=O) groups is 2. The highest BCUT2D eigenvalue weighted by atomic mass is 19.4. The number of ether oxygens (including phenoxy) is 1. The summed E-state index contributed by atoms with van der Waals surface area (Å²) < 4.78 is 48.3.